The SMILES string of the molecule is O=C(NCc1ccc(C(F)(F)F)c(F)c1)N1CCCN(Cc2ccccc2)CC1. The van der Waals surface area contributed by atoms with E-state index >= 15 is 0 Å². The van der Waals surface area contributed by atoms with Gasteiger partial charge in [-0.15, -0.1) is 0 Å². The van der Waals surface area contributed by atoms with Gasteiger partial charge in [0.2, 0.25) is 0 Å². The van der Waals surface area contributed by atoms with Gasteiger partial charge >= 0.3 is 12.2 Å². The molecule has 0 saturated carbocycles. The molecule has 0 atom stereocenters. The molecule has 1 heterocycles. The van der Waals surface area contributed by atoms with Crippen LogP contribution in [-0.2, 0) is 19.3 Å². The standard InChI is InChI=1S/C21H23F4N3O/c22-19-13-17(7-8-18(19)21(23,24)25)14-26-20(29)28-10-4-9-27(11-12-28)15-16-5-2-1-3-6-16/h1-3,5-8,13H,4,9-12,14-15H2,(H,26,29). The summed E-state index contributed by atoms with van der Waals surface area (Å²) in [5, 5.41) is 2.67. The van der Waals surface area contributed by atoms with Crippen molar-refractivity contribution < 1.29 is 22.4 Å². The third-order valence-electron chi connectivity index (χ3n) is 4.91. The van der Waals surface area contributed by atoms with Gasteiger partial charge in [-0.05, 0) is 29.7 Å². The first kappa shape index (κ1) is 21.1. The first-order chi connectivity index (χ1) is 13.8. The highest BCUT2D eigenvalue weighted by Gasteiger charge is 2.33. The Morgan fingerprint density at radius 2 is 1.72 bits per heavy atom. The second-order valence-corrected chi connectivity index (χ2v) is 7.07. The molecule has 0 aromatic heterocycles. The Morgan fingerprint density at radius 3 is 2.41 bits per heavy atom. The number of halogens is 4. The summed E-state index contributed by atoms with van der Waals surface area (Å²) < 4.78 is 51.5. The van der Waals surface area contributed by atoms with Crippen molar-refractivity contribution in [3.63, 3.8) is 0 Å². The third-order valence-corrected chi connectivity index (χ3v) is 4.91. The molecule has 1 fully saturated rings. The highest BCUT2D eigenvalue weighted by Crippen LogP contribution is 2.31. The summed E-state index contributed by atoms with van der Waals surface area (Å²) in [6, 6.07) is 12.5. The van der Waals surface area contributed by atoms with E-state index < -0.39 is 17.6 Å². The lowest BCUT2D eigenvalue weighted by Gasteiger charge is -2.22. The summed E-state index contributed by atoms with van der Waals surface area (Å²) in [6.45, 7) is 3.55. The van der Waals surface area contributed by atoms with Crippen molar-refractivity contribution in [2.75, 3.05) is 26.2 Å². The van der Waals surface area contributed by atoms with E-state index in [9.17, 15) is 22.4 Å². The first-order valence-electron chi connectivity index (χ1n) is 9.47. The predicted molar refractivity (Wildman–Crippen MR) is 102 cm³/mol. The molecule has 0 aliphatic carbocycles. The highest BCUT2D eigenvalue weighted by molar-refractivity contribution is 5.74. The molecule has 156 valence electrons. The lowest BCUT2D eigenvalue weighted by molar-refractivity contribution is -0.140. The molecule has 2 aromatic carbocycles. The van der Waals surface area contributed by atoms with Crippen LogP contribution in [0.2, 0.25) is 0 Å². The number of nitrogens with zero attached hydrogens (tertiary/aromatic N) is 2. The van der Waals surface area contributed by atoms with E-state index in [1.807, 2.05) is 18.2 Å². The average Bonchev–Trinajstić information content (AvgIpc) is 2.91. The van der Waals surface area contributed by atoms with Gasteiger partial charge in [0.1, 0.15) is 5.82 Å². The molecule has 0 radical (unpaired) electrons. The zero-order valence-electron chi connectivity index (χ0n) is 15.9. The second-order valence-electron chi connectivity index (χ2n) is 7.07. The van der Waals surface area contributed by atoms with Crippen molar-refractivity contribution >= 4 is 6.03 Å². The minimum Gasteiger partial charge on any atom is -0.334 e. The van der Waals surface area contributed by atoms with Crippen LogP contribution in [-0.4, -0.2) is 42.0 Å². The smallest absolute Gasteiger partial charge is 0.334 e. The van der Waals surface area contributed by atoms with Crippen molar-refractivity contribution in [1.82, 2.24) is 15.1 Å². The van der Waals surface area contributed by atoms with Gasteiger partial charge in [0.05, 0.1) is 5.56 Å². The maximum Gasteiger partial charge on any atom is 0.419 e. The Hall–Kier alpha value is -2.61. The number of benzene rings is 2. The van der Waals surface area contributed by atoms with E-state index in [-0.39, 0.29) is 18.1 Å². The van der Waals surface area contributed by atoms with Crippen LogP contribution in [0.4, 0.5) is 22.4 Å². The van der Waals surface area contributed by atoms with E-state index in [4.69, 9.17) is 0 Å². The summed E-state index contributed by atoms with van der Waals surface area (Å²) in [7, 11) is 0. The monoisotopic (exact) mass is 409 g/mol. The summed E-state index contributed by atoms with van der Waals surface area (Å²) in [6.07, 6.45) is -3.90. The Kier molecular flexibility index (Phi) is 6.74. The van der Waals surface area contributed by atoms with E-state index in [2.05, 4.69) is 22.3 Å². The van der Waals surface area contributed by atoms with Gasteiger partial charge in [-0.2, -0.15) is 13.2 Å². The number of carbonyl (C=O) groups excluding carboxylic acids is 1. The average molecular weight is 409 g/mol. The van der Waals surface area contributed by atoms with Crippen LogP contribution in [0.25, 0.3) is 0 Å². The lowest BCUT2D eigenvalue weighted by Crippen LogP contribution is -2.41. The van der Waals surface area contributed by atoms with Gasteiger partial charge in [0.25, 0.3) is 0 Å². The molecule has 4 nitrogen and oxygen atoms in total. The third kappa shape index (κ3) is 5.93. The summed E-state index contributed by atoms with van der Waals surface area (Å²) in [4.78, 5) is 16.4. The van der Waals surface area contributed by atoms with Crippen molar-refractivity contribution in [2.24, 2.45) is 0 Å². The molecular formula is C21H23F4N3O. The van der Waals surface area contributed by atoms with E-state index in [1.165, 1.54) is 11.6 Å². The van der Waals surface area contributed by atoms with Crippen molar-refractivity contribution in [3.8, 4) is 0 Å². The van der Waals surface area contributed by atoms with E-state index in [1.54, 1.807) is 4.90 Å². The summed E-state index contributed by atoms with van der Waals surface area (Å²) in [5.74, 6) is -1.34. The minimum absolute atomic E-state index is 0.0296. The summed E-state index contributed by atoms with van der Waals surface area (Å²) >= 11 is 0. The maximum absolute atomic E-state index is 13.7. The molecular weight excluding hydrogens is 386 g/mol. The predicted octanol–water partition coefficient (Wildman–Crippen LogP) is 4.26. The molecule has 8 heteroatoms. The van der Waals surface area contributed by atoms with Crippen LogP contribution in [0.5, 0.6) is 0 Å². The van der Waals surface area contributed by atoms with Gasteiger partial charge in [-0.25, -0.2) is 9.18 Å². The number of hydrogen-bond acceptors (Lipinski definition) is 2. The van der Waals surface area contributed by atoms with Gasteiger partial charge in [-0.1, -0.05) is 36.4 Å². The number of nitrogens with one attached hydrogen (secondary N) is 1. The number of carbonyl (C=O) groups is 1. The fraction of sp³-hybridized carbons (Fsp3) is 0.381. The molecule has 3 rings (SSSR count). The van der Waals surface area contributed by atoms with Gasteiger partial charge in [0.15, 0.2) is 0 Å². The molecule has 1 N–H and O–H groups in total. The largest absolute Gasteiger partial charge is 0.419 e. The normalized spacial score (nSPS) is 15.8. The Balaban J connectivity index is 1.50. The summed E-state index contributed by atoms with van der Waals surface area (Å²) in [5.41, 5.74) is 0.192. The highest BCUT2D eigenvalue weighted by atomic mass is 19.4. The second kappa shape index (κ2) is 9.26. The number of urea groups is 1. The molecule has 2 aromatic rings. The van der Waals surface area contributed by atoms with Crippen LogP contribution < -0.4 is 5.32 Å². The van der Waals surface area contributed by atoms with Crippen LogP contribution >= 0.6 is 0 Å². The molecule has 0 bridgehead atoms. The molecule has 0 unspecified atom stereocenters. The Bertz CT molecular complexity index is 826. The molecule has 1 aliphatic rings. The fourth-order valence-corrected chi connectivity index (χ4v) is 3.36. The molecule has 1 saturated heterocycles. The number of rotatable bonds is 4. The van der Waals surface area contributed by atoms with Crippen LogP contribution in [0.3, 0.4) is 0 Å². The lowest BCUT2D eigenvalue weighted by atomic mass is 10.1. The van der Waals surface area contributed by atoms with Crippen molar-refractivity contribution in [3.05, 3.63) is 71.0 Å². The molecule has 29 heavy (non-hydrogen) atoms. The fourth-order valence-electron chi connectivity index (χ4n) is 3.36. The number of alkyl halides is 3. The van der Waals surface area contributed by atoms with Crippen LogP contribution in [0.15, 0.2) is 48.5 Å². The van der Waals surface area contributed by atoms with E-state index in [0.29, 0.717) is 19.2 Å². The van der Waals surface area contributed by atoms with Crippen molar-refractivity contribution in [1.29, 1.82) is 0 Å². The van der Waals surface area contributed by atoms with Gasteiger partial charge in [-0.3, -0.25) is 4.90 Å². The molecule has 2 amide bonds. The Morgan fingerprint density at radius 1 is 0.966 bits per heavy atom. The quantitative estimate of drug-likeness (QED) is 0.766. The molecule has 1 aliphatic heterocycles. The minimum atomic E-state index is -4.73. The number of hydrogen-bond donors (Lipinski definition) is 1. The Labute approximate surface area is 167 Å². The van der Waals surface area contributed by atoms with Gasteiger partial charge in [0, 0.05) is 39.3 Å². The van der Waals surface area contributed by atoms with Crippen LogP contribution in [0, 0.1) is 5.82 Å². The van der Waals surface area contributed by atoms with E-state index in [0.717, 1.165) is 32.1 Å². The maximum atomic E-state index is 13.7. The topological polar surface area (TPSA) is 35.6 Å². The number of amides is 2. The first-order valence-corrected chi connectivity index (χ1v) is 9.47. The van der Waals surface area contributed by atoms with Gasteiger partial charge < -0.3 is 10.2 Å². The molecule has 0 spiro atoms. The van der Waals surface area contributed by atoms with Crippen molar-refractivity contribution in [2.45, 2.75) is 25.7 Å². The zero-order valence-corrected chi connectivity index (χ0v) is 15.9. The van der Waals surface area contributed by atoms with Crippen LogP contribution in [0.1, 0.15) is 23.1 Å². The zero-order chi connectivity index (χ0) is 20.9.